The molecule has 0 aliphatic heterocycles. The van der Waals surface area contributed by atoms with Gasteiger partial charge in [-0.15, -0.1) is 10.2 Å². The molecule has 0 fully saturated rings. The molecule has 0 spiro atoms. The van der Waals surface area contributed by atoms with E-state index >= 15 is 0 Å². The lowest BCUT2D eigenvalue weighted by molar-refractivity contribution is -0.126. The maximum absolute atomic E-state index is 12.8. The van der Waals surface area contributed by atoms with Gasteiger partial charge in [0.25, 0.3) is 0 Å². The number of nitrogens with zero attached hydrogens (tertiary/aromatic N) is 4. The smallest absolute Gasteiger partial charge is 0.409 e. The molecule has 3 aromatic rings. The highest BCUT2D eigenvalue weighted by molar-refractivity contribution is 7.98. The number of carbonyl (C=O) groups is 3. The van der Waals surface area contributed by atoms with Crippen LogP contribution in [0.3, 0.4) is 0 Å². The number of hydrogen-bond acceptors (Lipinski definition) is 8. The van der Waals surface area contributed by atoms with Crippen molar-refractivity contribution in [3.63, 3.8) is 0 Å². The van der Waals surface area contributed by atoms with Gasteiger partial charge in [-0.25, -0.2) is 4.79 Å². The van der Waals surface area contributed by atoms with Crippen LogP contribution in [-0.2, 0) is 26.5 Å². The second-order valence-corrected chi connectivity index (χ2v) is 10.2. The van der Waals surface area contributed by atoms with E-state index < -0.39 is 23.6 Å². The number of carbonyl (C=O) groups excluding carboxylic acids is 3. The Labute approximate surface area is 227 Å². The fourth-order valence-electron chi connectivity index (χ4n) is 3.50. The van der Waals surface area contributed by atoms with E-state index in [1.54, 1.807) is 25.6 Å². The van der Waals surface area contributed by atoms with Gasteiger partial charge in [-0.05, 0) is 31.5 Å². The first-order chi connectivity index (χ1) is 17.6. The standard InChI is InChI=1S/C25H33N7O4S.CH4/c1-25(2,27)23(34)28-19(16-37-15-17-8-5-4-6-9-17)22-30-29-21-11-7-10-18(32(21)22)12-13-36-24(35)31(3)14-20(26)33;/h4-11,19H,12-16,27H2,1-3H3,(H2,26,33)(H,28,34);1H4/t19-;/m1./s1. The molecule has 38 heavy (non-hydrogen) atoms. The zero-order valence-corrected chi connectivity index (χ0v) is 22.0. The number of primary amides is 1. The number of ether oxygens (including phenoxy) is 1. The minimum Gasteiger partial charge on any atom is -0.449 e. The van der Waals surface area contributed by atoms with E-state index in [0.29, 0.717) is 23.6 Å². The molecule has 11 nitrogen and oxygen atoms in total. The summed E-state index contributed by atoms with van der Waals surface area (Å²) in [6, 6.07) is 15.1. The highest BCUT2D eigenvalue weighted by Gasteiger charge is 2.28. The van der Waals surface area contributed by atoms with Gasteiger partial charge in [0, 0.05) is 30.7 Å². The number of rotatable bonds is 12. The monoisotopic (exact) mass is 543 g/mol. The molecule has 12 heteroatoms. The zero-order chi connectivity index (χ0) is 27.0. The Morgan fingerprint density at radius 3 is 2.50 bits per heavy atom. The van der Waals surface area contributed by atoms with Gasteiger partial charge in [0.15, 0.2) is 11.5 Å². The molecule has 0 aliphatic carbocycles. The molecule has 0 radical (unpaired) electrons. The normalized spacial score (nSPS) is 11.9. The molecule has 1 aromatic carbocycles. The predicted octanol–water partition coefficient (Wildman–Crippen LogP) is 2.29. The summed E-state index contributed by atoms with van der Waals surface area (Å²) in [5.41, 5.74) is 12.7. The van der Waals surface area contributed by atoms with Crippen molar-refractivity contribution in [2.24, 2.45) is 11.5 Å². The first kappa shape index (κ1) is 30.6. The minimum absolute atomic E-state index is 0. The molecule has 206 valence electrons. The second-order valence-electron chi connectivity index (χ2n) is 9.20. The summed E-state index contributed by atoms with van der Waals surface area (Å²) >= 11 is 1.66. The molecular formula is C26H37N7O4S. The van der Waals surface area contributed by atoms with Gasteiger partial charge in [-0.2, -0.15) is 11.8 Å². The van der Waals surface area contributed by atoms with Crippen molar-refractivity contribution in [3.8, 4) is 0 Å². The van der Waals surface area contributed by atoms with E-state index in [9.17, 15) is 14.4 Å². The van der Waals surface area contributed by atoms with E-state index in [0.717, 1.165) is 16.3 Å². The van der Waals surface area contributed by atoms with Gasteiger partial charge in [0.2, 0.25) is 11.8 Å². The highest BCUT2D eigenvalue weighted by atomic mass is 32.2. The average molecular weight is 544 g/mol. The van der Waals surface area contributed by atoms with Crippen LogP contribution in [-0.4, -0.2) is 68.9 Å². The summed E-state index contributed by atoms with van der Waals surface area (Å²) in [5, 5.41) is 11.7. The number of likely N-dealkylation sites (N-methyl/N-ethyl adjacent to an activating group) is 1. The number of fused-ring (bicyclic) bond motifs is 1. The number of amides is 3. The van der Waals surface area contributed by atoms with Crippen LogP contribution < -0.4 is 16.8 Å². The average Bonchev–Trinajstić information content (AvgIpc) is 3.28. The molecule has 5 N–H and O–H groups in total. The minimum atomic E-state index is -1.07. The van der Waals surface area contributed by atoms with Crippen LogP contribution in [0.5, 0.6) is 0 Å². The summed E-state index contributed by atoms with van der Waals surface area (Å²) in [6.45, 7) is 3.12. The van der Waals surface area contributed by atoms with Crippen molar-refractivity contribution in [1.29, 1.82) is 0 Å². The zero-order valence-electron chi connectivity index (χ0n) is 21.2. The van der Waals surface area contributed by atoms with E-state index in [4.69, 9.17) is 16.2 Å². The molecule has 3 amide bonds. The topological polar surface area (TPSA) is 158 Å². The summed E-state index contributed by atoms with van der Waals surface area (Å²) in [5.74, 6) is 0.924. The maximum Gasteiger partial charge on any atom is 0.409 e. The van der Waals surface area contributed by atoms with Gasteiger partial charge < -0.3 is 26.4 Å². The highest BCUT2D eigenvalue weighted by Crippen LogP contribution is 2.23. The Balaban J connectivity index is 0.00000507. The van der Waals surface area contributed by atoms with Crippen molar-refractivity contribution in [2.45, 2.75) is 45.0 Å². The first-order valence-corrected chi connectivity index (χ1v) is 12.9. The number of aromatic nitrogens is 3. The molecule has 0 bridgehead atoms. The molecule has 0 unspecified atom stereocenters. The van der Waals surface area contributed by atoms with Crippen LogP contribution in [0.25, 0.3) is 5.65 Å². The number of pyridine rings is 1. The van der Waals surface area contributed by atoms with Crippen molar-refractivity contribution >= 4 is 35.3 Å². The molecule has 0 aliphatic rings. The molecule has 2 aromatic heterocycles. The fourth-order valence-corrected chi connectivity index (χ4v) is 4.51. The molecule has 3 rings (SSSR count). The van der Waals surface area contributed by atoms with Crippen LogP contribution in [0.4, 0.5) is 4.79 Å². The van der Waals surface area contributed by atoms with E-state index in [1.807, 2.05) is 40.8 Å². The predicted molar refractivity (Wildman–Crippen MR) is 148 cm³/mol. The maximum atomic E-state index is 12.8. The van der Waals surface area contributed by atoms with Crippen LogP contribution >= 0.6 is 11.8 Å². The molecule has 2 heterocycles. The number of nitrogens with one attached hydrogen (secondary N) is 1. The van der Waals surface area contributed by atoms with E-state index in [2.05, 4.69) is 27.6 Å². The Bertz CT molecular complexity index is 1230. The molecular weight excluding hydrogens is 506 g/mol. The Kier molecular flexibility index (Phi) is 11.1. The molecule has 0 saturated carbocycles. The van der Waals surface area contributed by atoms with Crippen molar-refractivity contribution in [2.75, 3.05) is 26.0 Å². The third-order valence-corrected chi connectivity index (χ3v) is 6.53. The van der Waals surface area contributed by atoms with Gasteiger partial charge in [-0.3, -0.25) is 14.0 Å². The summed E-state index contributed by atoms with van der Waals surface area (Å²) in [7, 11) is 1.44. The number of hydrogen-bond donors (Lipinski definition) is 3. The van der Waals surface area contributed by atoms with Crippen LogP contribution in [0.15, 0.2) is 48.5 Å². The molecule has 0 saturated heterocycles. The van der Waals surface area contributed by atoms with Crippen molar-refractivity contribution in [1.82, 2.24) is 24.8 Å². The summed E-state index contributed by atoms with van der Waals surface area (Å²) in [4.78, 5) is 37.1. The third kappa shape index (κ3) is 8.45. The number of nitrogens with two attached hydrogens (primary N) is 2. The van der Waals surface area contributed by atoms with Gasteiger partial charge in [-0.1, -0.05) is 43.8 Å². The second kappa shape index (κ2) is 13.8. The van der Waals surface area contributed by atoms with Crippen LogP contribution in [0, 0.1) is 0 Å². The van der Waals surface area contributed by atoms with Crippen LogP contribution in [0.2, 0.25) is 0 Å². The largest absolute Gasteiger partial charge is 0.449 e. The molecule has 1 atom stereocenters. The van der Waals surface area contributed by atoms with Gasteiger partial charge >= 0.3 is 6.09 Å². The van der Waals surface area contributed by atoms with Crippen molar-refractivity contribution in [3.05, 3.63) is 65.6 Å². The number of thioether (sulfide) groups is 1. The first-order valence-electron chi connectivity index (χ1n) is 11.8. The van der Waals surface area contributed by atoms with E-state index in [1.165, 1.54) is 12.6 Å². The fraction of sp³-hybridized carbons (Fsp3) is 0.423. The van der Waals surface area contributed by atoms with Gasteiger partial charge in [0.1, 0.15) is 6.54 Å². The van der Waals surface area contributed by atoms with Crippen LogP contribution in [0.1, 0.15) is 44.4 Å². The lowest BCUT2D eigenvalue weighted by Gasteiger charge is -2.24. The third-order valence-electron chi connectivity index (χ3n) is 5.42. The Morgan fingerprint density at radius 1 is 1.13 bits per heavy atom. The van der Waals surface area contributed by atoms with Gasteiger partial charge in [0.05, 0.1) is 18.2 Å². The quantitative estimate of drug-likeness (QED) is 0.314. The SMILES string of the molecule is C.CN(CC(N)=O)C(=O)OCCc1cccc2nnc([C@@H](CSCc3ccccc3)NC(=O)C(C)(C)N)n12. The lowest BCUT2D eigenvalue weighted by atomic mass is 10.1. The lowest BCUT2D eigenvalue weighted by Crippen LogP contribution is -2.50. The van der Waals surface area contributed by atoms with Crippen molar-refractivity contribution < 1.29 is 19.1 Å². The summed E-state index contributed by atoms with van der Waals surface area (Å²) < 4.78 is 7.15. The number of benzene rings is 1. The Morgan fingerprint density at radius 2 is 1.84 bits per heavy atom. The Hall–Kier alpha value is -3.64. The summed E-state index contributed by atoms with van der Waals surface area (Å²) in [6.07, 6.45) is -0.291. The van der Waals surface area contributed by atoms with E-state index in [-0.39, 0.29) is 26.5 Å².